The smallest absolute Gasteiger partial charge is 0.241 e. The number of hydrogen-bond acceptors (Lipinski definition) is 7. The van der Waals surface area contributed by atoms with Crippen molar-refractivity contribution in [3.05, 3.63) is 60.2 Å². The maximum Gasteiger partial charge on any atom is 0.241 e. The van der Waals surface area contributed by atoms with Gasteiger partial charge in [0.25, 0.3) is 0 Å². The van der Waals surface area contributed by atoms with Crippen LogP contribution in [-0.2, 0) is 16.1 Å². The standard InChI is InChI=1S/C21H23N5O3S/c1-29-16-9-5-6-14(10-16)11-22-18(27)13-30-21-24-19-17(12-23-25-19)20(28)26(21)15-7-3-2-4-8-15/h2-10,17,19,23,25H,11-13H2,1H3,(H,22,27). The van der Waals surface area contributed by atoms with Crippen LogP contribution in [0.25, 0.3) is 0 Å². The molecule has 9 heteroatoms. The van der Waals surface area contributed by atoms with E-state index in [2.05, 4.69) is 21.2 Å². The van der Waals surface area contributed by atoms with Gasteiger partial charge in [-0.25, -0.2) is 10.4 Å². The molecule has 0 bridgehead atoms. The molecule has 0 saturated carbocycles. The molecule has 1 saturated heterocycles. The van der Waals surface area contributed by atoms with E-state index in [4.69, 9.17) is 4.74 Å². The number of carbonyl (C=O) groups is 2. The Morgan fingerprint density at radius 2 is 2.10 bits per heavy atom. The summed E-state index contributed by atoms with van der Waals surface area (Å²) in [6.07, 6.45) is -0.320. The first-order valence-electron chi connectivity index (χ1n) is 9.63. The van der Waals surface area contributed by atoms with Crippen molar-refractivity contribution in [3.8, 4) is 5.75 Å². The molecule has 2 atom stereocenters. The summed E-state index contributed by atoms with van der Waals surface area (Å²) in [4.78, 5) is 31.8. The quantitative estimate of drug-likeness (QED) is 0.649. The molecule has 30 heavy (non-hydrogen) atoms. The molecule has 3 N–H and O–H groups in total. The summed E-state index contributed by atoms with van der Waals surface area (Å²) in [6.45, 7) is 0.926. The second-order valence-corrected chi connectivity index (χ2v) is 7.86. The van der Waals surface area contributed by atoms with E-state index in [9.17, 15) is 9.59 Å². The molecule has 2 aromatic carbocycles. The van der Waals surface area contributed by atoms with Crippen LogP contribution in [0.5, 0.6) is 5.75 Å². The van der Waals surface area contributed by atoms with Gasteiger partial charge in [0.15, 0.2) is 5.17 Å². The highest BCUT2D eigenvalue weighted by atomic mass is 32.2. The molecule has 1 fully saturated rings. The summed E-state index contributed by atoms with van der Waals surface area (Å²) in [7, 11) is 1.61. The van der Waals surface area contributed by atoms with Crippen molar-refractivity contribution in [2.75, 3.05) is 24.3 Å². The SMILES string of the molecule is COc1cccc(CNC(=O)CSC2=NC3NNCC3C(=O)N2c2ccccc2)c1. The molecule has 2 aromatic rings. The van der Waals surface area contributed by atoms with E-state index in [0.717, 1.165) is 17.0 Å². The first-order valence-corrected chi connectivity index (χ1v) is 10.6. The van der Waals surface area contributed by atoms with Crippen LogP contribution in [0, 0.1) is 5.92 Å². The highest BCUT2D eigenvalue weighted by molar-refractivity contribution is 8.14. The van der Waals surface area contributed by atoms with Crippen LogP contribution in [0.1, 0.15) is 5.56 Å². The third-order valence-corrected chi connectivity index (χ3v) is 5.85. The lowest BCUT2D eigenvalue weighted by Crippen LogP contribution is -2.49. The minimum absolute atomic E-state index is 0.0296. The molecular formula is C21H23N5O3S. The lowest BCUT2D eigenvalue weighted by molar-refractivity contribution is -0.121. The summed E-state index contributed by atoms with van der Waals surface area (Å²) in [6, 6.07) is 16.9. The number of aliphatic imine (C=N–C) groups is 1. The van der Waals surface area contributed by atoms with Crippen LogP contribution in [0.4, 0.5) is 5.69 Å². The molecule has 156 valence electrons. The lowest BCUT2D eigenvalue weighted by Gasteiger charge is -2.32. The largest absolute Gasteiger partial charge is 0.497 e. The number of methoxy groups -OCH3 is 1. The minimum Gasteiger partial charge on any atom is -0.497 e. The van der Waals surface area contributed by atoms with Gasteiger partial charge in [-0.05, 0) is 29.8 Å². The Bertz CT molecular complexity index is 953. The average molecular weight is 426 g/mol. The number of carbonyl (C=O) groups excluding carboxylic acids is 2. The average Bonchev–Trinajstić information content (AvgIpc) is 3.26. The number of rotatable bonds is 6. The number of benzene rings is 2. The Labute approximate surface area is 179 Å². The molecule has 2 aliphatic rings. The van der Waals surface area contributed by atoms with Crippen molar-refractivity contribution < 1.29 is 14.3 Å². The number of anilines is 1. The Morgan fingerprint density at radius 1 is 1.27 bits per heavy atom. The fourth-order valence-electron chi connectivity index (χ4n) is 3.35. The van der Waals surface area contributed by atoms with E-state index in [0.29, 0.717) is 18.3 Å². The first kappa shape index (κ1) is 20.4. The molecule has 0 aromatic heterocycles. The molecule has 8 nitrogen and oxygen atoms in total. The van der Waals surface area contributed by atoms with Gasteiger partial charge in [-0.15, -0.1) is 0 Å². The molecular weight excluding hydrogens is 402 g/mol. The zero-order valence-electron chi connectivity index (χ0n) is 16.5. The summed E-state index contributed by atoms with van der Waals surface area (Å²) in [5, 5.41) is 3.41. The predicted octanol–water partition coefficient (Wildman–Crippen LogP) is 1.50. The van der Waals surface area contributed by atoms with Crippen LogP contribution in [0.15, 0.2) is 59.6 Å². The highest BCUT2D eigenvalue weighted by Crippen LogP contribution is 2.29. The van der Waals surface area contributed by atoms with Crippen molar-refractivity contribution in [2.45, 2.75) is 12.7 Å². The highest BCUT2D eigenvalue weighted by Gasteiger charge is 2.42. The van der Waals surface area contributed by atoms with E-state index in [1.165, 1.54) is 11.8 Å². The molecule has 0 radical (unpaired) electrons. The number of hydrazine groups is 1. The Kier molecular flexibility index (Phi) is 6.32. The molecule has 2 heterocycles. The fourth-order valence-corrected chi connectivity index (χ4v) is 4.22. The van der Waals surface area contributed by atoms with Gasteiger partial charge < -0.3 is 10.1 Å². The first-order chi connectivity index (χ1) is 14.7. The number of para-hydroxylation sites is 1. The monoisotopic (exact) mass is 425 g/mol. The number of amides is 2. The summed E-state index contributed by atoms with van der Waals surface area (Å²) in [5.41, 5.74) is 7.72. The minimum atomic E-state index is -0.320. The molecule has 2 unspecified atom stereocenters. The maximum atomic E-state index is 13.1. The number of fused-ring (bicyclic) bond motifs is 1. The normalized spacial score (nSPS) is 20.5. The Morgan fingerprint density at radius 3 is 2.90 bits per heavy atom. The van der Waals surface area contributed by atoms with E-state index in [1.54, 1.807) is 12.0 Å². The van der Waals surface area contributed by atoms with Crippen LogP contribution in [-0.4, -0.2) is 42.6 Å². The van der Waals surface area contributed by atoms with E-state index < -0.39 is 0 Å². The van der Waals surface area contributed by atoms with Gasteiger partial charge >= 0.3 is 0 Å². The van der Waals surface area contributed by atoms with Gasteiger partial charge in [-0.2, -0.15) is 0 Å². The van der Waals surface area contributed by atoms with Crippen molar-refractivity contribution in [2.24, 2.45) is 10.9 Å². The van der Waals surface area contributed by atoms with E-state index in [-0.39, 0.29) is 29.7 Å². The topological polar surface area (TPSA) is 95.1 Å². The number of thioether (sulfide) groups is 1. The number of nitrogens with one attached hydrogen (secondary N) is 3. The van der Waals surface area contributed by atoms with E-state index >= 15 is 0 Å². The Balaban J connectivity index is 1.42. The molecule has 0 aliphatic carbocycles. The Hall–Kier alpha value is -2.88. The number of ether oxygens (including phenoxy) is 1. The predicted molar refractivity (Wildman–Crippen MR) is 117 cm³/mol. The third kappa shape index (κ3) is 4.48. The molecule has 4 rings (SSSR count). The van der Waals surface area contributed by atoms with Crippen molar-refractivity contribution in [1.29, 1.82) is 0 Å². The third-order valence-electron chi connectivity index (χ3n) is 4.90. The van der Waals surface area contributed by atoms with Crippen molar-refractivity contribution in [1.82, 2.24) is 16.2 Å². The van der Waals surface area contributed by atoms with Crippen molar-refractivity contribution in [3.63, 3.8) is 0 Å². The molecule has 2 aliphatic heterocycles. The van der Waals surface area contributed by atoms with Gasteiger partial charge in [0.05, 0.1) is 24.5 Å². The van der Waals surface area contributed by atoms with Gasteiger partial charge in [0.2, 0.25) is 11.8 Å². The fraction of sp³-hybridized carbons (Fsp3) is 0.286. The van der Waals surface area contributed by atoms with Gasteiger partial charge in [0.1, 0.15) is 11.9 Å². The molecule has 2 amide bonds. The van der Waals surface area contributed by atoms with Gasteiger partial charge in [-0.1, -0.05) is 42.1 Å². The zero-order valence-corrected chi connectivity index (χ0v) is 17.3. The van der Waals surface area contributed by atoms with Crippen LogP contribution < -0.4 is 25.8 Å². The van der Waals surface area contributed by atoms with Gasteiger partial charge in [0, 0.05) is 13.1 Å². The van der Waals surface area contributed by atoms with Crippen LogP contribution in [0.2, 0.25) is 0 Å². The second kappa shape index (κ2) is 9.29. The number of hydrogen-bond donors (Lipinski definition) is 3. The summed E-state index contributed by atoms with van der Waals surface area (Å²) in [5.74, 6) is 0.474. The number of nitrogens with zero attached hydrogens (tertiary/aromatic N) is 2. The van der Waals surface area contributed by atoms with Crippen molar-refractivity contribution >= 4 is 34.4 Å². The number of amidine groups is 1. The second-order valence-electron chi connectivity index (χ2n) is 6.91. The zero-order chi connectivity index (χ0) is 20.9. The summed E-state index contributed by atoms with van der Waals surface area (Å²) < 4.78 is 5.21. The van der Waals surface area contributed by atoms with Crippen LogP contribution in [0.3, 0.4) is 0 Å². The lowest BCUT2D eigenvalue weighted by atomic mass is 10.1. The van der Waals surface area contributed by atoms with E-state index in [1.807, 2.05) is 54.6 Å². The van der Waals surface area contributed by atoms with Crippen LogP contribution >= 0.6 is 11.8 Å². The maximum absolute atomic E-state index is 13.1. The van der Waals surface area contributed by atoms with Gasteiger partial charge in [-0.3, -0.25) is 19.9 Å². The summed E-state index contributed by atoms with van der Waals surface area (Å²) >= 11 is 1.25. The molecule has 0 spiro atoms.